The van der Waals surface area contributed by atoms with E-state index in [0.717, 1.165) is 4.88 Å². The van der Waals surface area contributed by atoms with Crippen molar-refractivity contribution in [2.75, 3.05) is 6.54 Å². The average molecular weight is 290 g/mol. The Hall–Kier alpha value is -0.430. The molecule has 104 valence electrons. The summed E-state index contributed by atoms with van der Waals surface area (Å²) in [5.41, 5.74) is 5.56. The first kappa shape index (κ1) is 15.6. The van der Waals surface area contributed by atoms with Crippen LogP contribution in [-0.2, 0) is 16.6 Å². The molecular weight excluding hydrogens is 268 g/mol. The van der Waals surface area contributed by atoms with Gasteiger partial charge in [-0.15, -0.1) is 11.3 Å². The zero-order valence-corrected chi connectivity index (χ0v) is 13.0. The summed E-state index contributed by atoms with van der Waals surface area (Å²) in [4.78, 5) is 0.874. The fourth-order valence-corrected chi connectivity index (χ4v) is 3.63. The Kier molecular flexibility index (Phi) is 4.94. The van der Waals surface area contributed by atoms with E-state index >= 15 is 0 Å². The molecule has 0 saturated heterocycles. The molecule has 3 N–H and O–H groups in total. The number of hydrogen-bond acceptors (Lipinski definition) is 4. The van der Waals surface area contributed by atoms with Crippen LogP contribution in [0.1, 0.15) is 32.6 Å². The van der Waals surface area contributed by atoms with Gasteiger partial charge in [-0.3, -0.25) is 0 Å². The van der Waals surface area contributed by atoms with Crippen molar-refractivity contribution in [3.8, 4) is 0 Å². The van der Waals surface area contributed by atoms with Crippen molar-refractivity contribution in [1.82, 2.24) is 4.72 Å². The van der Waals surface area contributed by atoms with Crippen molar-refractivity contribution in [3.05, 3.63) is 17.0 Å². The van der Waals surface area contributed by atoms with Crippen LogP contribution in [0.15, 0.2) is 16.3 Å². The van der Waals surface area contributed by atoms with Crippen LogP contribution in [0.4, 0.5) is 0 Å². The summed E-state index contributed by atoms with van der Waals surface area (Å²) in [6.07, 6.45) is 0. The lowest BCUT2D eigenvalue weighted by Crippen LogP contribution is -2.33. The van der Waals surface area contributed by atoms with Crippen molar-refractivity contribution in [2.45, 2.75) is 38.4 Å². The van der Waals surface area contributed by atoms with Crippen molar-refractivity contribution >= 4 is 21.4 Å². The summed E-state index contributed by atoms with van der Waals surface area (Å²) in [6.45, 7) is 9.17. The molecule has 0 spiro atoms. The van der Waals surface area contributed by atoms with Crippen LogP contribution >= 0.6 is 11.3 Å². The van der Waals surface area contributed by atoms with Crippen LogP contribution in [0.25, 0.3) is 0 Å². The van der Waals surface area contributed by atoms with Crippen LogP contribution in [0.3, 0.4) is 0 Å². The largest absolute Gasteiger partial charge is 0.326 e. The highest BCUT2D eigenvalue weighted by Crippen LogP contribution is 2.26. The third-order valence-corrected chi connectivity index (χ3v) is 6.18. The lowest BCUT2D eigenvalue weighted by atomic mass is 9.82. The van der Waals surface area contributed by atoms with Gasteiger partial charge in [0.05, 0.1) is 0 Å². The van der Waals surface area contributed by atoms with Crippen molar-refractivity contribution in [2.24, 2.45) is 17.1 Å². The van der Waals surface area contributed by atoms with Crippen LogP contribution in [0.5, 0.6) is 0 Å². The molecule has 0 aliphatic carbocycles. The molecule has 1 atom stereocenters. The molecule has 1 rings (SSSR count). The predicted octanol–water partition coefficient (Wildman–Crippen LogP) is 2.17. The first-order valence-electron chi connectivity index (χ1n) is 5.95. The van der Waals surface area contributed by atoms with Crippen molar-refractivity contribution in [3.63, 3.8) is 0 Å². The van der Waals surface area contributed by atoms with Gasteiger partial charge >= 0.3 is 0 Å². The van der Waals surface area contributed by atoms with E-state index in [2.05, 4.69) is 25.5 Å². The van der Waals surface area contributed by atoms with Gasteiger partial charge in [-0.05, 0) is 23.5 Å². The van der Waals surface area contributed by atoms with E-state index in [1.54, 1.807) is 12.1 Å². The molecule has 1 aromatic heterocycles. The van der Waals surface area contributed by atoms with E-state index in [1.165, 1.54) is 11.3 Å². The first-order chi connectivity index (χ1) is 8.16. The highest BCUT2D eigenvalue weighted by atomic mass is 32.2. The number of nitrogens with two attached hydrogens (primary N) is 1. The van der Waals surface area contributed by atoms with E-state index in [9.17, 15) is 8.42 Å². The van der Waals surface area contributed by atoms with Gasteiger partial charge in [0.2, 0.25) is 10.0 Å². The molecule has 0 radical (unpaired) electrons. The summed E-state index contributed by atoms with van der Waals surface area (Å²) < 4.78 is 27.1. The molecule has 0 bridgehead atoms. The molecule has 0 saturated carbocycles. The zero-order valence-electron chi connectivity index (χ0n) is 11.4. The second-order valence-corrected chi connectivity index (χ2v) is 8.71. The fraction of sp³-hybridized carbons (Fsp3) is 0.667. The Morgan fingerprint density at radius 3 is 2.44 bits per heavy atom. The summed E-state index contributed by atoms with van der Waals surface area (Å²) in [5, 5.41) is 0. The molecule has 1 aromatic rings. The van der Waals surface area contributed by atoms with E-state index < -0.39 is 10.0 Å². The molecule has 1 heterocycles. The normalized spacial score (nSPS) is 14.7. The molecule has 0 aromatic carbocycles. The third kappa shape index (κ3) is 4.05. The predicted molar refractivity (Wildman–Crippen MR) is 76.0 cm³/mol. The highest BCUT2D eigenvalue weighted by Gasteiger charge is 2.23. The SMILES string of the molecule is CC(CNS(=O)(=O)c1ccc(CN)s1)C(C)(C)C. The number of thiophene rings is 1. The molecule has 0 aliphatic rings. The van der Waals surface area contributed by atoms with Gasteiger partial charge in [0.25, 0.3) is 0 Å². The van der Waals surface area contributed by atoms with Gasteiger partial charge in [0.1, 0.15) is 4.21 Å². The second kappa shape index (κ2) is 5.69. The van der Waals surface area contributed by atoms with Crippen molar-refractivity contribution in [1.29, 1.82) is 0 Å². The maximum absolute atomic E-state index is 12.1. The van der Waals surface area contributed by atoms with Crippen LogP contribution in [0, 0.1) is 11.3 Å². The smallest absolute Gasteiger partial charge is 0.250 e. The maximum atomic E-state index is 12.1. The molecule has 0 aliphatic heterocycles. The summed E-state index contributed by atoms with van der Waals surface area (Å²) in [7, 11) is -3.39. The number of nitrogens with one attached hydrogen (secondary N) is 1. The molecule has 18 heavy (non-hydrogen) atoms. The van der Waals surface area contributed by atoms with Gasteiger partial charge in [0, 0.05) is 18.0 Å². The van der Waals surface area contributed by atoms with Gasteiger partial charge in [-0.25, -0.2) is 13.1 Å². The summed E-state index contributed by atoms with van der Waals surface area (Å²) in [6, 6.07) is 3.36. The first-order valence-corrected chi connectivity index (χ1v) is 8.25. The van der Waals surface area contributed by atoms with E-state index in [1.807, 2.05) is 6.92 Å². The Balaban J connectivity index is 2.71. The second-order valence-electron chi connectivity index (χ2n) is 5.54. The van der Waals surface area contributed by atoms with Gasteiger partial charge in [-0.2, -0.15) is 0 Å². The monoisotopic (exact) mass is 290 g/mol. The van der Waals surface area contributed by atoms with Gasteiger partial charge in [-0.1, -0.05) is 27.7 Å². The van der Waals surface area contributed by atoms with Gasteiger partial charge < -0.3 is 5.73 Å². The number of sulfonamides is 1. The minimum atomic E-state index is -3.39. The van der Waals surface area contributed by atoms with Crippen molar-refractivity contribution < 1.29 is 8.42 Å². The highest BCUT2D eigenvalue weighted by molar-refractivity contribution is 7.91. The summed E-state index contributed by atoms with van der Waals surface area (Å²) >= 11 is 1.22. The Labute approximate surface area is 114 Å². The molecular formula is C12H22N2O2S2. The standard InChI is InChI=1S/C12H22N2O2S2/c1-9(12(2,3)4)8-14-18(15,16)11-6-5-10(7-13)17-11/h5-6,9,14H,7-8,13H2,1-4H3. The lowest BCUT2D eigenvalue weighted by molar-refractivity contribution is 0.263. The van der Waals surface area contributed by atoms with Crippen LogP contribution in [-0.4, -0.2) is 15.0 Å². The molecule has 0 amide bonds. The summed E-state index contributed by atoms with van der Waals surface area (Å²) in [5.74, 6) is 0.265. The van der Waals surface area contributed by atoms with E-state index in [-0.39, 0.29) is 11.3 Å². The Morgan fingerprint density at radius 1 is 1.39 bits per heavy atom. The third-order valence-electron chi connectivity index (χ3n) is 3.16. The van der Waals surface area contributed by atoms with Crippen LogP contribution < -0.4 is 10.5 Å². The molecule has 1 unspecified atom stereocenters. The molecule has 6 heteroatoms. The average Bonchev–Trinajstić information content (AvgIpc) is 2.73. The van der Waals surface area contributed by atoms with Crippen LogP contribution in [0.2, 0.25) is 0 Å². The molecule has 4 nitrogen and oxygen atoms in total. The Morgan fingerprint density at radius 2 is 2.00 bits per heavy atom. The lowest BCUT2D eigenvalue weighted by Gasteiger charge is -2.27. The number of rotatable bonds is 5. The quantitative estimate of drug-likeness (QED) is 0.873. The minimum Gasteiger partial charge on any atom is -0.326 e. The topological polar surface area (TPSA) is 72.2 Å². The minimum absolute atomic E-state index is 0.0837. The maximum Gasteiger partial charge on any atom is 0.250 e. The zero-order chi connectivity index (χ0) is 14.0. The van der Waals surface area contributed by atoms with Gasteiger partial charge in [0.15, 0.2) is 0 Å². The van der Waals surface area contributed by atoms with E-state index in [0.29, 0.717) is 17.3 Å². The number of hydrogen-bond donors (Lipinski definition) is 2. The molecule has 0 fully saturated rings. The Bertz CT molecular complexity index is 486. The van der Waals surface area contributed by atoms with E-state index in [4.69, 9.17) is 5.73 Å². The fourth-order valence-electron chi connectivity index (χ4n) is 1.22.